The molecule has 0 saturated carbocycles. The van der Waals surface area contributed by atoms with E-state index in [1.54, 1.807) is 0 Å². The van der Waals surface area contributed by atoms with Gasteiger partial charge in [-0.05, 0) is 12.8 Å². The summed E-state index contributed by atoms with van der Waals surface area (Å²) in [7, 11) is 0. The maximum absolute atomic E-state index is 12.0. The van der Waals surface area contributed by atoms with Gasteiger partial charge in [-0.2, -0.15) is 0 Å². The minimum absolute atomic E-state index is 0.101. The molecule has 18 heavy (non-hydrogen) atoms. The van der Waals surface area contributed by atoms with E-state index in [2.05, 4.69) is 11.2 Å². The van der Waals surface area contributed by atoms with Crippen molar-refractivity contribution in [3.8, 4) is 12.3 Å². The van der Waals surface area contributed by atoms with Crippen LogP contribution in [0.5, 0.6) is 0 Å². The Labute approximate surface area is 105 Å². The summed E-state index contributed by atoms with van der Waals surface area (Å²) in [5.74, 6) is 0.796. The van der Waals surface area contributed by atoms with Crippen molar-refractivity contribution < 1.29 is 14.4 Å². The Morgan fingerprint density at radius 2 is 1.89 bits per heavy atom. The number of rotatable bonds is 3. The van der Waals surface area contributed by atoms with Crippen LogP contribution in [-0.2, 0) is 14.4 Å². The van der Waals surface area contributed by atoms with Crippen LogP contribution in [0.15, 0.2) is 12.2 Å². The van der Waals surface area contributed by atoms with Crippen LogP contribution in [0.3, 0.4) is 0 Å². The zero-order chi connectivity index (χ0) is 13.1. The molecule has 0 bridgehead atoms. The number of imide groups is 1. The Bertz CT molecular complexity index is 435. The second-order valence-electron chi connectivity index (χ2n) is 4.40. The fourth-order valence-electron chi connectivity index (χ4n) is 2.37. The summed E-state index contributed by atoms with van der Waals surface area (Å²) < 4.78 is 0. The minimum atomic E-state index is -0.402. The van der Waals surface area contributed by atoms with E-state index in [4.69, 9.17) is 6.42 Å². The summed E-state index contributed by atoms with van der Waals surface area (Å²) in [5.41, 5.74) is 0. The third-order valence-electron chi connectivity index (χ3n) is 3.29. The molecule has 0 spiro atoms. The van der Waals surface area contributed by atoms with Crippen LogP contribution in [0.2, 0.25) is 0 Å². The van der Waals surface area contributed by atoms with Gasteiger partial charge < -0.3 is 5.32 Å². The third kappa shape index (κ3) is 2.14. The Kier molecular flexibility index (Phi) is 3.47. The first-order valence-electron chi connectivity index (χ1n) is 5.85. The maximum atomic E-state index is 12.0. The number of hydrogen-bond donors (Lipinski definition) is 1. The normalized spacial score (nSPS) is 25.8. The van der Waals surface area contributed by atoms with Crippen molar-refractivity contribution in [2.45, 2.75) is 12.8 Å². The molecule has 0 radical (unpaired) electrons. The smallest absolute Gasteiger partial charge is 0.240 e. The highest BCUT2D eigenvalue weighted by atomic mass is 16.2. The second-order valence-corrected chi connectivity index (χ2v) is 4.40. The van der Waals surface area contributed by atoms with Crippen molar-refractivity contribution >= 4 is 17.7 Å². The maximum Gasteiger partial charge on any atom is 0.240 e. The van der Waals surface area contributed by atoms with Crippen LogP contribution >= 0.6 is 0 Å². The first kappa shape index (κ1) is 12.4. The van der Waals surface area contributed by atoms with Gasteiger partial charge in [-0.25, -0.2) is 0 Å². The molecule has 5 nitrogen and oxygen atoms in total. The predicted molar refractivity (Wildman–Crippen MR) is 63.9 cm³/mol. The monoisotopic (exact) mass is 246 g/mol. The molecule has 1 heterocycles. The molecule has 2 aliphatic rings. The third-order valence-corrected chi connectivity index (χ3v) is 3.29. The van der Waals surface area contributed by atoms with E-state index in [0.29, 0.717) is 12.8 Å². The largest absolute Gasteiger partial charge is 0.344 e. The Morgan fingerprint density at radius 3 is 2.39 bits per heavy atom. The van der Waals surface area contributed by atoms with Gasteiger partial charge in [-0.1, -0.05) is 18.1 Å². The number of fused-ring (bicyclic) bond motifs is 1. The van der Waals surface area contributed by atoms with Crippen molar-refractivity contribution in [1.29, 1.82) is 0 Å². The van der Waals surface area contributed by atoms with E-state index < -0.39 is 5.91 Å². The van der Waals surface area contributed by atoms with Gasteiger partial charge in [0.2, 0.25) is 17.7 Å². The molecule has 3 amide bonds. The van der Waals surface area contributed by atoms with Gasteiger partial charge in [0.15, 0.2) is 0 Å². The summed E-state index contributed by atoms with van der Waals surface area (Å²) in [5, 5.41) is 2.44. The lowest BCUT2D eigenvalue weighted by atomic mass is 9.85. The van der Waals surface area contributed by atoms with Crippen LogP contribution in [0, 0.1) is 24.2 Å². The van der Waals surface area contributed by atoms with E-state index in [1.165, 1.54) is 0 Å². The first-order valence-corrected chi connectivity index (χ1v) is 5.85. The number of likely N-dealkylation sites (tertiary alicyclic amines) is 1. The molecule has 2 atom stereocenters. The van der Waals surface area contributed by atoms with Crippen LogP contribution in [0.1, 0.15) is 12.8 Å². The average molecular weight is 246 g/mol. The van der Waals surface area contributed by atoms with Crippen LogP contribution in [-0.4, -0.2) is 35.7 Å². The molecular formula is C13H14N2O3. The second kappa shape index (κ2) is 5.05. The summed E-state index contributed by atoms with van der Waals surface area (Å²) in [4.78, 5) is 36.6. The number of nitrogens with one attached hydrogen (secondary N) is 1. The fraction of sp³-hybridized carbons (Fsp3) is 0.462. The first-order chi connectivity index (χ1) is 8.65. The van der Waals surface area contributed by atoms with E-state index in [-0.39, 0.29) is 36.7 Å². The molecule has 0 aromatic carbocycles. The highest BCUT2D eigenvalue weighted by Crippen LogP contribution is 2.34. The van der Waals surface area contributed by atoms with Gasteiger partial charge in [-0.15, -0.1) is 6.42 Å². The average Bonchev–Trinajstić information content (AvgIpc) is 2.62. The number of amides is 3. The molecule has 5 heteroatoms. The van der Waals surface area contributed by atoms with Crippen molar-refractivity contribution in [2.75, 3.05) is 13.1 Å². The number of carbonyl (C=O) groups is 3. The van der Waals surface area contributed by atoms with E-state index in [1.807, 2.05) is 12.2 Å². The summed E-state index contributed by atoms with van der Waals surface area (Å²) >= 11 is 0. The van der Waals surface area contributed by atoms with Gasteiger partial charge in [0.05, 0.1) is 18.4 Å². The number of nitrogens with zero attached hydrogens (tertiary/aromatic N) is 1. The Morgan fingerprint density at radius 1 is 1.33 bits per heavy atom. The van der Waals surface area contributed by atoms with Crippen molar-refractivity contribution in [1.82, 2.24) is 10.2 Å². The molecular weight excluding hydrogens is 232 g/mol. The number of hydrogen-bond acceptors (Lipinski definition) is 3. The number of allylic oxidation sites excluding steroid dienone is 2. The highest BCUT2D eigenvalue weighted by molar-refractivity contribution is 6.07. The van der Waals surface area contributed by atoms with E-state index in [9.17, 15) is 14.4 Å². The van der Waals surface area contributed by atoms with Gasteiger partial charge in [-0.3, -0.25) is 19.3 Å². The van der Waals surface area contributed by atoms with Crippen molar-refractivity contribution in [2.24, 2.45) is 11.8 Å². The van der Waals surface area contributed by atoms with Crippen LogP contribution < -0.4 is 5.32 Å². The topological polar surface area (TPSA) is 66.5 Å². The zero-order valence-electron chi connectivity index (χ0n) is 9.89. The SMILES string of the molecule is C#CCNC(=O)CN1C(=O)[C@H]2CC=CC[C@H]2C1=O. The van der Waals surface area contributed by atoms with Gasteiger partial charge >= 0.3 is 0 Å². The quantitative estimate of drug-likeness (QED) is 0.422. The van der Waals surface area contributed by atoms with Crippen molar-refractivity contribution in [3.63, 3.8) is 0 Å². The molecule has 0 aromatic heterocycles. The van der Waals surface area contributed by atoms with Crippen LogP contribution in [0.25, 0.3) is 0 Å². The standard InChI is InChI=1S/C13H14N2O3/c1-2-7-14-11(16)8-15-12(17)9-5-3-4-6-10(9)13(15)18/h1,3-4,9-10H,5-8H2,(H,14,16)/t9-,10+. The van der Waals surface area contributed by atoms with Crippen LogP contribution in [0.4, 0.5) is 0 Å². The molecule has 0 unspecified atom stereocenters. The summed E-state index contributed by atoms with van der Waals surface area (Å²) in [6.45, 7) is -0.129. The molecule has 1 fully saturated rings. The van der Waals surface area contributed by atoms with E-state index in [0.717, 1.165) is 4.90 Å². The molecule has 1 aliphatic carbocycles. The zero-order valence-corrected chi connectivity index (χ0v) is 9.89. The lowest BCUT2D eigenvalue weighted by Gasteiger charge is -2.14. The number of terminal acetylenes is 1. The van der Waals surface area contributed by atoms with Crippen molar-refractivity contribution in [3.05, 3.63) is 12.2 Å². The van der Waals surface area contributed by atoms with Gasteiger partial charge in [0.1, 0.15) is 6.54 Å². The minimum Gasteiger partial charge on any atom is -0.344 e. The van der Waals surface area contributed by atoms with Gasteiger partial charge in [0, 0.05) is 0 Å². The van der Waals surface area contributed by atoms with Gasteiger partial charge in [0.25, 0.3) is 0 Å². The Hall–Kier alpha value is -2.09. The molecule has 2 rings (SSSR count). The molecule has 94 valence electrons. The summed E-state index contributed by atoms with van der Waals surface area (Å²) in [6, 6.07) is 0. The predicted octanol–water partition coefficient (Wildman–Crippen LogP) is -0.313. The summed E-state index contributed by atoms with van der Waals surface area (Å²) in [6.07, 6.45) is 10.00. The molecule has 1 aliphatic heterocycles. The number of carbonyl (C=O) groups excluding carboxylic acids is 3. The highest BCUT2D eigenvalue weighted by Gasteiger charge is 2.47. The molecule has 1 N–H and O–H groups in total. The Balaban J connectivity index is 2.02. The fourth-order valence-corrected chi connectivity index (χ4v) is 2.37. The molecule has 0 aromatic rings. The molecule has 1 saturated heterocycles. The lowest BCUT2D eigenvalue weighted by Crippen LogP contribution is -2.41. The lowest BCUT2D eigenvalue weighted by molar-refractivity contribution is -0.143. The van der Waals surface area contributed by atoms with E-state index >= 15 is 0 Å².